The second kappa shape index (κ2) is 8.96. The highest BCUT2D eigenvalue weighted by Crippen LogP contribution is 2.27. The minimum Gasteiger partial charge on any atom is -0.439 e. The Morgan fingerprint density at radius 2 is 1.85 bits per heavy atom. The van der Waals surface area contributed by atoms with Crippen molar-refractivity contribution in [3.8, 4) is 17.4 Å². The summed E-state index contributed by atoms with van der Waals surface area (Å²) in [6.45, 7) is 5.14. The van der Waals surface area contributed by atoms with Gasteiger partial charge in [-0.2, -0.15) is 5.10 Å². The molecular weight excluding hydrogens is 466 g/mol. The molecule has 0 aliphatic heterocycles. The lowest BCUT2D eigenvalue weighted by Gasteiger charge is -2.09. The first-order chi connectivity index (χ1) is 15.7. The molecule has 1 aromatic carbocycles. The van der Waals surface area contributed by atoms with Gasteiger partial charge in [0.2, 0.25) is 11.8 Å². The van der Waals surface area contributed by atoms with Crippen LogP contribution in [0.4, 0.5) is 10.8 Å². The van der Waals surface area contributed by atoms with E-state index >= 15 is 0 Å². The van der Waals surface area contributed by atoms with Crippen LogP contribution in [0.2, 0.25) is 0 Å². The fourth-order valence-electron chi connectivity index (χ4n) is 2.87. The molecule has 0 aliphatic carbocycles. The Morgan fingerprint density at radius 1 is 1.09 bits per heavy atom. The lowest BCUT2D eigenvalue weighted by Crippen LogP contribution is -2.11. The number of ether oxygens (including phenoxy) is 1. The molecule has 0 aliphatic rings. The van der Waals surface area contributed by atoms with E-state index in [4.69, 9.17) is 4.74 Å². The van der Waals surface area contributed by atoms with Crippen LogP contribution >= 0.6 is 11.3 Å². The van der Waals surface area contributed by atoms with Crippen molar-refractivity contribution >= 4 is 38.1 Å². The number of aryl methyl sites for hydroxylation is 2. The average molecular weight is 486 g/mol. The van der Waals surface area contributed by atoms with E-state index in [1.165, 1.54) is 19.4 Å². The molecule has 0 unspecified atom stereocenters. The molecule has 0 fully saturated rings. The average Bonchev–Trinajstić information content (AvgIpc) is 3.35. The van der Waals surface area contributed by atoms with Gasteiger partial charge < -0.3 is 10.1 Å². The monoisotopic (exact) mass is 485 g/mol. The minimum atomic E-state index is -3.85. The van der Waals surface area contributed by atoms with E-state index in [9.17, 15) is 13.2 Å². The first kappa shape index (κ1) is 22.4. The molecule has 0 saturated carbocycles. The molecule has 3 heterocycles. The number of benzene rings is 1. The maximum absolute atomic E-state index is 12.6. The molecule has 1 amide bonds. The predicted molar refractivity (Wildman–Crippen MR) is 122 cm³/mol. The number of rotatable bonds is 7. The minimum absolute atomic E-state index is 0.0238. The number of aromatic nitrogens is 5. The molecule has 4 aromatic rings. The van der Waals surface area contributed by atoms with Gasteiger partial charge in [0.15, 0.2) is 15.2 Å². The van der Waals surface area contributed by atoms with Crippen molar-refractivity contribution in [1.82, 2.24) is 24.7 Å². The molecule has 13 heteroatoms. The molecule has 33 heavy (non-hydrogen) atoms. The van der Waals surface area contributed by atoms with Gasteiger partial charge in [-0.3, -0.25) is 9.52 Å². The summed E-state index contributed by atoms with van der Waals surface area (Å²) in [5.41, 5.74) is 2.14. The Kier molecular flexibility index (Phi) is 6.07. The third kappa shape index (κ3) is 5.32. The van der Waals surface area contributed by atoms with Crippen LogP contribution in [0.1, 0.15) is 18.3 Å². The van der Waals surface area contributed by atoms with Crippen LogP contribution in [0.15, 0.2) is 53.1 Å². The zero-order valence-corrected chi connectivity index (χ0v) is 19.4. The zero-order chi connectivity index (χ0) is 23.6. The normalized spacial score (nSPS) is 11.2. The molecule has 11 nitrogen and oxygen atoms in total. The fourth-order valence-corrected chi connectivity index (χ4v) is 5.01. The standard InChI is InChI=1S/C20H19N7O4S2/c1-12-8-13(2)27(25-12)17-9-18(23-11-22-17)31-16-6-4-15(5-7-16)26-33(29,30)19-10-21-20(32-19)24-14(3)28/h4-11,26H,1-3H3,(H,21,24,28). The lowest BCUT2D eigenvalue weighted by molar-refractivity contribution is -0.114. The van der Waals surface area contributed by atoms with E-state index < -0.39 is 10.0 Å². The van der Waals surface area contributed by atoms with E-state index in [0.29, 0.717) is 23.1 Å². The van der Waals surface area contributed by atoms with Crippen molar-refractivity contribution in [3.05, 3.63) is 60.3 Å². The number of anilines is 2. The first-order valence-electron chi connectivity index (χ1n) is 9.59. The largest absolute Gasteiger partial charge is 0.439 e. The topological polar surface area (TPSA) is 141 Å². The Labute approximate surface area is 193 Å². The van der Waals surface area contributed by atoms with Crippen molar-refractivity contribution in [2.75, 3.05) is 10.0 Å². The van der Waals surface area contributed by atoms with Gasteiger partial charge >= 0.3 is 0 Å². The molecule has 0 bridgehead atoms. The van der Waals surface area contributed by atoms with E-state index in [0.717, 1.165) is 22.7 Å². The smallest absolute Gasteiger partial charge is 0.273 e. The van der Waals surface area contributed by atoms with Crippen LogP contribution in [0.5, 0.6) is 11.6 Å². The summed E-state index contributed by atoms with van der Waals surface area (Å²) in [4.78, 5) is 23.3. The number of carbonyl (C=O) groups excluding carboxylic acids is 1. The van der Waals surface area contributed by atoms with Crippen LogP contribution in [0, 0.1) is 13.8 Å². The summed E-state index contributed by atoms with van der Waals surface area (Å²) in [5.74, 6) is 1.01. The second-order valence-corrected chi connectivity index (χ2v) is 9.89. The Balaban J connectivity index is 1.45. The molecule has 4 rings (SSSR count). The number of carbonyl (C=O) groups is 1. The van der Waals surface area contributed by atoms with Gasteiger partial charge in [-0.25, -0.2) is 28.1 Å². The van der Waals surface area contributed by atoms with Crippen LogP contribution in [0.25, 0.3) is 5.82 Å². The highest BCUT2D eigenvalue weighted by atomic mass is 32.2. The molecule has 2 N–H and O–H groups in total. The van der Waals surface area contributed by atoms with Gasteiger partial charge in [-0.1, -0.05) is 11.3 Å². The number of hydrogen-bond donors (Lipinski definition) is 2. The molecular formula is C20H19N7O4S2. The van der Waals surface area contributed by atoms with Crippen molar-refractivity contribution in [1.29, 1.82) is 0 Å². The number of nitrogens with zero attached hydrogens (tertiary/aromatic N) is 5. The second-order valence-electron chi connectivity index (χ2n) is 6.95. The van der Waals surface area contributed by atoms with Crippen molar-refractivity contribution in [3.63, 3.8) is 0 Å². The molecule has 170 valence electrons. The molecule has 0 saturated heterocycles. The van der Waals surface area contributed by atoms with E-state index in [1.54, 1.807) is 35.0 Å². The van der Waals surface area contributed by atoms with Gasteiger partial charge in [0.05, 0.1) is 11.9 Å². The molecule has 0 spiro atoms. The highest BCUT2D eigenvalue weighted by molar-refractivity contribution is 7.94. The summed E-state index contributed by atoms with van der Waals surface area (Å²) in [5, 5.41) is 7.06. The number of sulfonamides is 1. The Morgan fingerprint density at radius 3 is 2.52 bits per heavy atom. The first-order valence-corrected chi connectivity index (χ1v) is 11.9. The lowest BCUT2D eigenvalue weighted by atomic mass is 10.3. The number of amides is 1. The predicted octanol–water partition coefficient (Wildman–Crippen LogP) is 3.29. The van der Waals surface area contributed by atoms with Crippen molar-refractivity contribution in [2.45, 2.75) is 25.0 Å². The van der Waals surface area contributed by atoms with E-state index in [1.807, 2.05) is 19.9 Å². The maximum Gasteiger partial charge on any atom is 0.273 e. The Hall–Kier alpha value is -3.84. The number of nitrogens with one attached hydrogen (secondary N) is 2. The fraction of sp³-hybridized carbons (Fsp3) is 0.150. The van der Waals surface area contributed by atoms with Gasteiger partial charge in [-0.05, 0) is 44.2 Å². The van der Waals surface area contributed by atoms with Gasteiger partial charge in [0.25, 0.3) is 10.0 Å². The molecule has 0 atom stereocenters. The van der Waals surface area contributed by atoms with E-state index in [2.05, 4.69) is 30.1 Å². The van der Waals surface area contributed by atoms with Crippen molar-refractivity contribution in [2.24, 2.45) is 0 Å². The number of hydrogen-bond acceptors (Lipinski definition) is 9. The summed E-state index contributed by atoms with van der Waals surface area (Å²) in [7, 11) is -3.85. The summed E-state index contributed by atoms with van der Waals surface area (Å²) in [6.07, 6.45) is 2.57. The van der Waals surface area contributed by atoms with Gasteiger partial charge in [-0.15, -0.1) is 0 Å². The van der Waals surface area contributed by atoms with Crippen LogP contribution in [0.3, 0.4) is 0 Å². The van der Waals surface area contributed by atoms with Gasteiger partial charge in [0, 0.05) is 24.4 Å². The van der Waals surface area contributed by atoms with Gasteiger partial charge in [0.1, 0.15) is 12.1 Å². The summed E-state index contributed by atoms with van der Waals surface area (Å²) < 4.78 is 35.1. The number of thiazole rings is 1. The summed E-state index contributed by atoms with van der Waals surface area (Å²) in [6, 6.07) is 9.94. The third-order valence-electron chi connectivity index (χ3n) is 4.22. The van der Waals surface area contributed by atoms with Crippen LogP contribution < -0.4 is 14.8 Å². The van der Waals surface area contributed by atoms with Crippen LogP contribution in [-0.2, 0) is 14.8 Å². The maximum atomic E-state index is 12.6. The highest BCUT2D eigenvalue weighted by Gasteiger charge is 2.18. The molecule has 0 radical (unpaired) electrons. The third-order valence-corrected chi connectivity index (χ3v) is 6.97. The zero-order valence-electron chi connectivity index (χ0n) is 17.8. The van der Waals surface area contributed by atoms with Crippen molar-refractivity contribution < 1.29 is 17.9 Å². The Bertz CT molecular complexity index is 1410. The summed E-state index contributed by atoms with van der Waals surface area (Å²) >= 11 is 0.855. The molecule has 3 aromatic heterocycles. The van der Waals surface area contributed by atoms with E-state index in [-0.39, 0.29) is 15.2 Å². The SMILES string of the molecule is CC(=O)Nc1ncc(S(=O)(=O)Nc2ccc(Oc3cc(-n4nc(C)cc4C)ncn3)cc2)s1. The van der Waals surface area contributed by atoms with Crippen LogP contribution in [-0.4, -0.2) is 39.1 Å². The quantitative estimate of drug-likeness (QED) is 0.406.